The summed E-state index contributed by atoms with van der Waals surface area (Å²) < 4.78 is 1.16. The van der Waals surface area contributed by atoms with E-state index in [1.807, 2.05) is 24.3 Å². The van der Waals surface area contributed by atoms with Crippen LogP contribution >= 0.6 is 22.6 Å². The zero-order valence-corrected chi connectivity index (χ0v) is 13.4. The predicted molar refractivity (Wildman–Crippen MR) is 85.0 cm³/mol. The molecule has 4 atom stereocenters. The van der Waals surface area contributed by atoms with Crippen molar-refractivity contribution < 1.29 is 4.79 Å². The number of carbonyl (C=O) groups excluding carboxylic acids is 1. The van der Waals surface area contributed by atoms with Gasteiger partial charge in [0.25, 0.3) is 5.91 Å². The molecule has 0 saturated heterocycles. The van der Waals surface area contributed by atoms with Crippen LogP contribution in [0.4, 0.5) is 0 Å². The zero-order valence-electron chi connectivity index (χ0n) is 11.2. The molecule has 2 bridgehead atoms. The van der Waals surface area contributed by atoms with Crippen molar-refractivity contribution in [1.82, 2.24) is 5.32 Å². The molecule has 102 valence electrons. The fraction of sp³-hybridized carbons (Fsp3) is 0.562. The van der Waals surface area contributed by atoms with Gasteiger partial charge in [-0.15, -0.1) is 0 Å². The maximum Gasteiger partial charge on any atom is 0.251 e. The van der Waals surface area contributed by atoms with E-state index in [1.54, 1.807) is 0 Å². The SMILES string of the molecule is C[C@@H](NC(=O)c1ccc(I)cc1)[C@@H]1C[C@H]2CC[C@H]1C2. The molecule has 2 aliphatic rings. The van der Waals surface area contributed by atoms with E-state index in [2.05, 4.69) is 34.8 Å². The second-order valence-corrected chi connectivity index (χ2v) is 7.35. The maximum absolute atomic E-state index is 12.2. The van der Waals surface area contributed by atoms with E-state index in [0.29, 0.717) is 12.0 Å². The number of carbonyl (C=O) groups is 1. The minimum Gasteiger partial charge on any atom is -0.349 e. The Balaban J connectivity index is 1.61. The number of nitrogens with one attached hydrogen (secondary N) is 1. The molecule has 19 heavy (non-hydrogen) atoms. The molecule has 3 rings (SSSR count). The van der Waals surface area contributed by atoms with Crippen molar-refractivity contribution in [2.45, 2.75) is 38.6 Å². The maximum atomic E-state index is 12.2. The molecule has 1 aromatic rings. The Kier molecular flexibility index (Phi) is 3.83. The number of hydrogen-bond acceptors (Lipinski definition) is 1. The molecule has 0 aromatic heterocycles. The van der Waals surface area contributed by atoms with Gasteiger partial charge < -0.3 is 5.32 Å². The Hall–Kier alpha value is -0.580. The van der Waals surface area contributed by atoms with Gasteiger partial charge in [0, 0.05) is 15.2 Å². The van der Waals surface area contributed by atoms with Crippen LogP contribution in [0.5, 0.6) is 0 Å². The highest BCUT2D eigenvalue weighted by molar-refractivity contribution is 14.1. The van der Waals surface area contributed by atoms with Gasteiger partial charge in [0.15, 0.2) is 0 Å². The highest BCUT2D eigenvalue weighted by Gasteiger charge is 2.42. The largest absolute Gasteiger partial charge is 0.349 e. The molecule has 2 saturated carbocycles. The van der Waals surface area contributed by atoms with Crippen LogP contribution in [-0.2, 0) is 0 Å². The molecule has 0 aliphatic heterocycles. The quantitative estimate of drug-likeness (QED) is 0.806. The van der Waals surface area contributed by atoms with Crippen LogP contribution in [0.2, 0.25) is 0 Å². The van der Waals surface area contributed by atoms with Crippen molar-refractivity contribution in [3.63, 3.8) is 0 Å². The zero-order chi connectivity index (χ0) is 13.4. The Bertz CT molecular complexity index is 470. The molecule has 1 N–H and O–H groups in total. The lowest BCUT2D eigenvalue weighted by Gasteiger charge is -2.28. The lowest BCUT2D eigenvalue weighted by molar-refractivity contribution is 0.0915. The van der Waals surface area contributed by atoms with Gasteiger partial charge in [0.2, 0.25) is 0 Å². The number of hydrogen-bond donors (Lipinski definition) is 1. The summed E-state index contributed by atoms with van der Waals surface area (Å²) in [5.41, 5.74) is 0.774. The fourth-order valence-electron chi connectivity index (χ4n) is 3.90. The van der Waals surface area contributed by atoms with Gasteiger partial charge in [0.1, 0.15) is 0 Å². The van der Waals surface area contributed by atoms with E-state index < -0.39 is 0 Å². The first-order valence-electron chi connectivity index (χ1n) is 7.20. The van der Waals surface area contributed by atoms with Crippen molar-refractivity contribution in [2.24, 2.45) is 17.8 Å². The van der Waals surface area contributed by atoms with Gasteiger partial charge >= 0.3 is 0 Å². The van der Waals surface area contributed by atoms with Gasteiger partial charge in [-0.1, -0.05) is 6.42 Å². The standard InChI is InChI=1S/C16H20INO/c1-10(15-9-11-2-3-13(15)8-11)18-16(19)12-4-6-14(17)7-5-12/h4-7,10-11,13,15H,2-3,8-9H2,1H3,(H,18,19)/t10-,11+,13+,15+/m1/s1. The van der Waals surface area contributed by atoms with E-state index in [-0.39, 0.29) is 5.91 Å². The first-order valence-corrected chi connectivity index (χ1v) is 8.28. The number of benzene rings is 1. The van der Waals surface area contributed by atoms with Crippen LogP contribution in [0, 0.1) is 21.3 Å². The molecule has 0 unspecified atom stereocenters. The van der Waals surface area contributed by atoms with Gasteiger partial charge in [-0.2, -0.15) is 0 Å². The summed E-state index contributed by atoms with van der Waals surface area (Å²) in [4.78, 5) is 12.2. The first-order chi connectivity index (χ1) is 9.13. The molecule has 2 aliphatic carbocycles. The van der Waals surface area contributed by atoms with Crippen LogP contribution in [0.3, 0.4) is 0 Å². The van der Waals surface area contributed by atoms with Crippen molar-refractivity contribution >= 4 is 28.5 Å². The van der Waals surface area contributed by atoms with E-state index in [1.165, 1.54) is 25.7 Å². The summed E-state index contributed by atoms with van der Waals surface area (Å²) in [7, 11) is 0. The van der Waals surface area contributed by atoms with Gasteiger partial charge in [-0.25, -0.2) is 0 Å². The molecule has 0 spiro atoms. The molecule has 2 fully saturated rings. The molecule has 1 amide bonds. The Morgan fingerprint density at radius 1 is 1.26 bits per heavy atom. The van der Waals surface area contributed by atoms with Crippen molar-refractivity contribution in [3.05, 3.63) is 33.4 Å². The summed E-state index contributed by atoms with van der Waals surface area (Å²) >= 11 is 2.26. The summed E-state index contributed by atoms with van der Waals surface area (Å²) in [5.74, 6) is 2.57. The third-order valence-electron chi connectivity index (χ3n) is 4.90. The topological polar surface area (TPSA) is 29.1 Å². The summed E-state index contributed by atoms with van der Waals surface area (Å²) in [6.45, 7) is 2.18. The summed E-state index contributed by atoms with van der Waals surface area (Å²) in [6, 6.07) is 8.09. The highest BCUT2D eigenvalue weighted by atomic mass is 127. The number of halogens is 1. The summed E-state index contributed by atoms with van der Waals surface area (Å²) in [5, 5.41) is 3.20. The average Bonchev–Trinajstić information content (AvgIpc) is 3.01. The molecule has 0 radical (unpaired) electrons. The second-order valence-electron chi connectivity index (χ2n) is 6.11. The van der Waals surface area contributed by atoms with Crippen LogP contribution in [0.1, 0.15) is 43.0 Å². The number of rotatable bonds is 3. The third-order valence-corrected chi connectivity index (χ3v) is 5.62. The molecule has 0 heterocycles. The molecule has 3 heteroatoms. The van der Waals surface area contributed by atoms with Crippen LogP contribution in [0.15, 0.2) is 24.3 Å². The van der Waals surface area contributed by atoms with Gasteiger partial charge in [0.05, 0.1) is 0 Å². The summed E-state index contributed by atoms with van der Waals surface area (Å²) in [6.07, 6.45) is 5.51. The molecular weight excluding hydrogens is 349 g/mol. The number of amides is 1. The first kappa shape index (κ1) is 13.4. The highest BCUT2D eigenvalue weighted by Crippen LogP contribution is 2.49. The normalized spacial score (nSPS) is 30.3. The third kappa shape index (κ3) is 2.81. The lowest BCUT2D eigenvalue weighted by atomic mass is 9.84. The Morgan fingerprint density at radius 3 is 2.58 bits per heavy atom. The minimum atomic E-state index is 0.0756. The van der Waals surface area contributed by atoms with Gasteiger partial charge in [-0.3, -0.25) is 4.79 Å². The number of fused-ring (bicyclic) bond motifs is 2. The van der Waals surface area contributed by atoms with E-state index in [9.17, 15) is 4.79 Å². The lowest BCUT2D eigenvalue weighted by Crippen LogP contribution is -2.40. The van der Waals surface area contributed by atoms with E-state index in [0.717, 1.165) is 21.0 Å². The van der Waals surface area contributed by atoms with Gasteiger partial charge in [-0.05, 0) is 90.8 Å². The van der Waals surface area contributed by atoms with Crippen molar-refractivity contribution in [2.75, 3.05) is 0 Å². The minimum absolute atomic E-state index is 0.0756. The molecular formula is C16H20INO. The van der Waals surface area contributed by atoms with Crippen LogP contribution in [-0.4, -0.2) is 11.9 Å². The monoisotopic (exact) mass is 369 g/mol. The fourth-order valence-corrected chi connectivity index (χ4v) is 4.26. The smallest absolute Gasteiger partial charge is 0.251 e. The molecule has 1 aromatic carbocycles. The second kappa shape index (κ2) is 5.43. The molecule has 2 nitrogen and oxygen atoms in total. The average molecular weight is 369 g/mol. The van der Waals surface area contributed by atoms with Crippen molar-refractivity contribution in [3.8, 4) is 0 Å². The van der Waals surface area contributed by atoms with E-state index >= 15 is 0 Å². The van der Waals surface area contributed by atoms with Crippen LogP contribution in [0.25, 0.3) is 0 Å². The predicted octanol–water partition coefficient (Wildman–Crippen LogP) is 3.85. The van der Waals surface area contributed by atoms with Crippen LogP contribution < -0.4 is 5.32 Å². The Morgan fingerprint density at radius 2 is 2.00 bits per heavy atom. The Labute approximate surface area is 128 Å². The van der Waals surface area contributed by atoms with Crippen molar-refractivity contribution in [1.29, 1.82) is 0 Å². The van der Waals surface area contributed by atoms with E-state index in [4.69, 9.17) is 0 Å².